The fourth-order valence-electron chi connectivity index (χ4n) is 3.01. The summed E-state index contributed by atoms with van der Waals surface area (Å²) in [6.07, 6.45) is 7.45. The van der Waals surface area contributed by atoms with Crippen LogP contribution < -0.4 is 15.4 Å². The second-order valence-electron chi connectivity index (χ2n) is 6.04. The summed E-state index contributed by atoms with van der Waals surface area (Å²) in [6, 6.07) is 4.67. The number of benzene rings is 1. The van der Waals surface area contributed by atoms with E-state index in [1.165, 1.54) is 63.8 Å². The second-order valence-corrected chi connectivity index (χ2v) is 6.04. The first-order valence-corrected chi connectivity index (χ1v) is 8.46. The minimum Gasteiger partial charge on any atom is -0.497 e. The lowest BCUT2D eigenvalue weighted by Crippen LogP contribution is -2.37. The van der Waals surface area contributed by atoms with E-state index in [9.17, 15) is 14.9 Å². The number of hydrogen-bond acceptors (Lipinski definition) is 5. The Hall–Kier alpha value is -1.86. The predicted molar refractivity (Wildman–Crippen MR) is 98.7 cm³/mol. The average molecular weight is 372 g/mol. The van der Waals surface area contributed by atoms with Crippen LogP contribution in [0.25, 0.3) is 0 Å². The van der Waals surface area contributed by atoms with Crippen LogP contribution in [0.2, 0.25) is 0 Å². The van der Waals surface area contributed by atoms with Crippen LogP contribution >= 0.6 is 12.4 Å². The molecule has 0 saturated heterocycles. The zero-order valence-corrected chi connectivity index (χ0v) is 15.3. The van der Waals surface area contributed by atoms with Gasteiger partial charge in [0.1, 0.15) is 11.3 Å². The van der Waals surface area contributed by atoms with Gasteiger partial charge in [-0.05, 0) is 25.0 Å². The van der Waals surface area contributed by atoms with Crippen LogP contribution in [0, 0.1) is 10.1 Å². The lowest BCUT2D eigenvalue weighted by atomic mass is 10.1. The zero-order chi connectivity index (χ0) is 17.4. The van der Waals surface area contributed by atoms with Crippen LogP contribution in [0.15, 0.2) is 18.2 Å². The zero-order valence-electron chi connectivity index (χ0n) is 14.5. The van der Waals surface area contributed by atoms with Crippen molar-refractivity contribution < 1.29 is 14.5 Å². The van der Waals surface area contributed by atoms with Crippen LogP contribution in [0.5, 0.6) is 5.75 Å². The first-order valence-electron chi connectivity index (χ1n) is 8.46. The fourth-order valence-corrected chi connectivity index (χ4v) is 3.01. The van der Waals surface area contributed by atoms with E-state index >= 15 is 0 Å². The number of rotatable bonds is 7. The van der Waals surface area contributed by atoms with Crippen LogP contribution in [-0.2, 0) is 0 Å². The molecule has 1 aromatic rings. The molecule has 1 saturated carbocycles. The quantitative estimate of drug-likeness (QED) is 0.332. The molecule has 1 aromatic carbocycles. The smallest absolute Gasteiger partial charge is 0.282 e. The van der Waals surface area contributed by atoms with E-state index in [4.69, 9.17) is 4.74 Å². The van der Waals surface area contributed by atoms with Crippen molar-refractivity contribution >= 4 is 24.0 Å². The summed E-state index contributed by atoms with van der Waals surface area (Å²) in [7, 11) is 1.46. The van der Waals surface area contributed by atoms with Gasteiger partial charge in [-0.3, -0.25) is 14.9 Å². The molecule has 25 heavy (non-hydrogen) atoms. The van der Waals surface area contributed by atoms with E-state index in [0.29, 0.717) is 24.9 Å². The molecule has 0 heterocycles. The molecule has 0 radical (unpaired) electrons. The number of carbonyl (C=O) groups excluding carboxylic acids is 1. The Labute approximate surface area is 154 Å². The molecule has 0 aliphatic heterocycles. The Morgan fingerprint density at radius 3 is 2.52 bits per heavy atom. The highest BCUT2D eigenvalue weighted by atomic mass is 35.5. The molecule has 1 fully saturated rings. The Balaban J connectivity index is 0.00000312. The van der Waals surface area contributed by atoms with Crippen molar-refractivity contribution in [3.63, 3.8) is 0 Å². The number of nitrogens with one attached hydrogen (secondary N) is 2. The van der Waals surface area contributed by atoms with Crippen LogP contribution in [-0.4, -0.2) is 37.1 Å². The molecule has 1 aliphatic carbocycles. The van der Waals surface area contributed by atoms with Crippen molar-refractivity contribution in [3.05, 3.63) is 33.9 Å². The van der Waals surface area contributed by atoms with E-state index < -0.39 is 10.8 Å². The maximum Gasteiger partial charge on any atom is 0.282 e. The number of nitro benzene ring substituents is 1. The molecule has 0 unspecified atom stereocenters. The summed E-state index contributed by atoms with van der Waals surface area (Å²) >= 11 is 0. The molecule has 2 rings (SSSR count). The van der Waals surface area contributed by atoms with Crippen LogP contribution in [0.3, 0.4) is 0 Å². The third-order valence-electron chi connectivity index (χ3n) is 4.34. The normalized spacial score (nSPS) is 14.9. The van der Waals surface area contributed by atoms with Gasteiger partial charge in [-0.2, -0.15) is 0 Å². The molecule has 0 spiro atoms. The van der Waals surface area contributed by atoms with Gasteiger partial charge < -0.3 is 15.4 Å². The lowest BCUT2D eigenvalue weighted by Gasteiger charge is -2.16. The molecule has 0 bridgehead atoms. The lowest BCUT2D eigenvalue weighted by molar-refractivity contribution is -0.385. The van der Waals surface area contributed by atoms with E-state index in [1.54, 1.807) is 0 Å². The number of methoxy groups -OCH3 is 1. The highest BCUT2D eigenvalue weighted by Crippen LogP contribution is 2.23. The molecule has 0 aromatic heterocycles. The van der Waals surface area contributed by atoms with Crippen molar-refractivity contribution in [1.29, 1.82) is 0 Å². The molecule has 2 N–H and O–H groups in total. The van der Waals surface area contributed by atoms with Crippen LogP contribution in [0.4, 0.5) is 5.69 Å². The molecule has 7 nitrogen and oxygen atoms in total. The number of hydrogen-bond donors (Lipinski definition) is 2. The summed E-state index contributed by atoms with van der Waals surface area (Å²) in [5.41, 5.74) is -0.196. The predicted octanol–water partition coefficient (Wildman–Crippen LogP) is 3.07. The monoisotopic (exact) mass is 371 g/mol. The van der Waals surface area contributed by atoms with Gasteiger partial charge in [0.2, 0.25) is 0 Å². The van der Waals surface area contributed by atoms with Gasteiger partial charge >= 0.3 is 0 Å². The molecule has 8 heteroatoms. The van der Waals surface area contributed by atoms with Crippen molar-refractivity contribution in [2.75, 3.05) is 20.2 Å². The minimum atomic E-state index is -0.557. The molecular weight excluding hydrogens is 346 g/mol. The Kier molecular flexibility index (Phi) is 9.23. The summed E-state index contributed by atoms with van der Waals surface area (Å²) in [6.45, 7) is 1.10. The third kappa shape index (κ3) is 6.51. The van der Waals surface area contributed by atoms with Gasteiger partial charge in [-0.1, -0.05) is 25.7 Å². The topological polar surface area (TPSA) is 93.5 Å². The highest BCUT2D eigenvalue weighted by molar-refractivity contribution is 5.98. The van der Waals surface area contributed by atoms with Gasteiger partial charge in [-0.25, -0.2) is 0 Å². The van der Waals surface area contributed by atoms with Crippen LogP contribution in [0.1, 0.15) is 48.9 Å². The molecule has 0 atom stereocenters. The van der Waals surface area contributed by atoms with Gasteiger partial charge in [-0.15, -0.1) is 12.4 Å². The summed E-state index contributed by atoms with van der Waals surface area (Å²) < 4.78 is 5.04. The van der Waals surface area contributed by atoms with E-state index in [1.807, 2.05) is 0 Å². The van der Waals surface area contributed by atoms with E-state index in [-0.39, 0.29) is 23.7 Å². The molecule has 140 valence electrons. The van der Waals surface area contributed by atoms with Crippen molar-refractivity contribution in [2.45, 2.75) is 44.6 Å². The Morgan fingerprint density at radius 2 is 1.92 bits per heavy atom. The van der Waals surface area contributed by atoms with Gasteiger partial charge in [0.05, 0.1) is 12.0 Å². The summed E-state index contributed by atoms with van der Waals surface area (Å²) in [5.74, 6) is -0.0365. The molecular formula is C17H26ClN3O4. The number of nitro groups is 1. The number of halogens is 1. The third-order valence-corrected chi connectivity index (χ3v) is 4.34. The summed E-state index contributed by atoms with van der Waals surface area (Å²) in [4.78, 5) is 22.8. The standard InChI is InChI=1S/C17H25N3O4.ClH/c1-24-14-8-9-16(20(22)23)15(12-14)17(21)19-11-10-18-13-6-4-2-3-5-7-13;/h8-9,12-13,18H,2-7,10-11H2,1H3,(H,19,21);1H. The number of carbonyl (C=O) groups is 1. The Bertz CT molecular complexity index is 575. The number of amides is 1. The summed E-state index contributed by atoms with van der Waals surface area (Å²) in [5, 5.41) is 17.3. The van der Waals surface area contributed by atoms with Crippen molar-refractivity contribution in [2.24, 2.45) is 0 Å². The first kappa shape index (κ1) is 21.2. The fraction of sp³-hybridized carbons (Fsp3) is 0.588. The van der Waals surface area contributed by atoms with Gasteiger partial charge in [0, 0.05) is 25.2 Å². The number of ether oxygens (including phenoxy) is 1. The Morgan fingerprint density at radius 1 is 1.24 bits per heavy atom. The molecule has 1 aliphatic rings. The maximum atomic E-state index is 12.2. The maximum absolute atomic E-state index is 12.2. The van der Waals surface area contributed by atoms with E-state index in [0.717, 1.165) is 0 Å². The SMILES string of the molecule is COc1ccc([N+](=O)[O-])c(C(=O)NCCNC2CCCCCC2)c1.Cl. The van der Waals surface area contributed by atoms with Crippen molar-refractivity contribution in [3.8, 4) is 5.75 Å². The average Bonchev–Trinajstić information content (AvgIpc) is 2.86. The second kappa shape index (κ2) is 10.9. The van der Waals surface area contributed by atoms with E-state index in [2.05, 4.69) is 10.6 Å². The molecule has 1 amide bonds. The van der Waals surface area contributed by atoms with Crippen molar-refractivity contribution in [1.82, 2.24) is 10.6 Å². The van der Waals surface area contributed by atoms with Gasteiger partial charge in [0.15, 0.2) is 0 Å². The largest absolute Gasteiger partial charge is 0.497 e. The number of nitrogens with zero attached hydrogens (tertiary/aromatic N) is 1. The van der Waals surface area contributed by atoms with Gasteiger partial charge in [0.25, 0.3) is 11.6 Å². The minimum absolute atomic E-state index is 0. The first-order chi connectivity index (χ1) is 11.6. The highest BCUT2D eigenvalue weighted by Gasteiger charge is 2.20.